The van der Waals surface area contributed by atoms with Gasteiger partial charge in [-0.05, 0) is 49.6 Å². The van der Waals surface area contributed by atoms with Gasteiger partial charge in [0.1, 0.15) is 24.0 Å². The Morgan fingerprint density at radius 2 is 2.03 bits per heavy atom. The van der Waals surface area contributed by atoms with Gasteiger partial charge >= 0.3 is 0 Å². The number of fused-ring (bicyclic) bond motifs is 2. The summed E-state index contributed by atoms with van der Waals surface area (Å²) in [6.07, 6.45) is 0.677. The number of carbonyl (C=O) groups excluding carboxylic acids is 2. The Balaban J connectivity index is 1.51. The first-order valence-corrected chi connectivity index (χ1v) is 12.6. The highest BCUT2D eigenvalue weighted by molar-refractivity contribution is 6.00. The molecule has 9 heteroatoms. The predicted molar refractivity (Wildman–Crippen MR) is 138 cm³/mol. The van der Waals surface area contributed by atoms with Crippen LogP contribution in [0.3, 0.4) is 0 Å². The van der Waals surface area contributed by atoms with Gasteiger partial charge in [0.15, 0.2) is 5.96 Å². The van der Waals surface area contributed by atoms with Gasteiger partial charge in [0.05, 0.1) is 24.1 Å². The average molecular weight is 507 g/mol. The van der Waals surface area contributed by atoms with E-state index in [2.05, 4.69) is 10.3 Å². The largest absolute Gasteiger partial charge is 0.490 e. The minimum absolute atomic E-state index is 0.127. The van der Waals surface area contributed by atoms with Gasteiger partial charge in [-0.2, -0.15) is 0 Å². The van der Waals surface area contributed by atoms with E-state index in [0.29, 0.717) is 29.7 Å². The number of rotatable bonds is 5. The van der Waals surface area contributed by atoms with E-state index in [9.17, 15) is 14.7 Å². The molecule has 4 N–H and O–H groups in total. The van der Waals surface area contributed by atoms with Crippen LogP contribution in [0.25, 0.3) is 0 Å². The van der Waals surface area contributed by atoms with Crippen molar-refractivity contribution in [1.82, 2.24) is 10.2 Å². The Bertz CT molecular complexity index is 1280. The number of carbonyl (C=O) groups is 2. The summed E-state index contributed by atoms with van der Waals surface area (Å²) < 4.78 is 11.9. The molecule has 9 nitrogen and oxygen atoms in total. The van der Waals surface area contributed by atoms with E-state index in [1.54, 1.807) is 25.3 Å². The molecule has 2 aliphatic heterocycles. The summed E-state index contributed by atoms with van der Waals surface area (Å²) in [4.78, 5) is 33.0. The van der Waals surface area contributed by atoms with Crippen molar-refractivity contribution in [3.63, 3.8) is 0 Å². The zero-order valence-corrected chi connectivity index (χ0v) is 21.7. The highest BCUT2D eigenvalue weighted by Crippen LogP contribution is 2.45. The number of hydrogen-bond acceptors (Lipinski definition) is 7. The van der Waals surface area contributed by atoms with Crippen LogP contribution in [0.1, 0.15) is 72.7 Å². The van der Waals surface area contributed by atoms with E-state index in [-0.39, 0.29) is 30.8 Å². The van der Waals surface area contributed by atoms with Crippen LogP contribution < -0.4 is 15.8 Å². The van der Waals surface area contributed by atoms with Gasteiger partial charge in [0, 0.05) is 24.7 Å². The van der Waals surface area contributed by atoms with Crippen molar-refractivity contribution in [3.05, 3.63) is 64.7 Å². The van der Waals surface area contributed by atoms with E-state index in [4.69, 9.17) is 15.2 Å². The fourth-order valence-corrected chi connectivity index (χ4v) is 5.61. The number of nitrogens with two attached hydrogens (primary N) is 1. The number of hydrogen-bond donors (Lipinski definition) is 3. The number of benzene rings is 2. The first-order valence-electron chi connectivity index (χ1n) is 12.6. The molecule has 0 fully saturated rings. The maximum absolute atomic E-state index is 13.5. The molecule has 5 rings (SSSR count). The smallest absolute Gasteiger partial charge is 0.251 e. The number of methoxy groups -OCH3 is 1. The molecule has 196 valence electrons. The maximum atomic E-state index is 13.5. The number of amides is 2. The number of nitrogens with one attached hydrogen (secondary N) is 1. The summed E-state index contributed by atoms with van der Waals surface area (Å²) in [6, 6.07) is 11.7. The molecule has 2 aromatic carbocycles. The summed E-state index contributed by atoms with van der Waals surface area (Å²) in [5, 5.41) is 13.6. The normalized spacial score (nSPS) is 30.7. The molecule has 1 aliphatic carbocycles. The van der Waals surface area contributed by atoms with Crippen LogP contribution in [0, 0.1) is 0 Å². The number of aliphatic imine (C=N–C) groups is 1. The Kier molecular flexibility index (Phi) is 6.24. The second-order valence-corrected chi connectivity index (χ2v) is 10.6. The molecule has 0 spiro atoms. The molecule has 37 heavy (non-hydrogen) atoms. The number of guanidine groups is 1. The lowest BCUT2D eigenvalue weighted by Gasteiger charge is -2.48. The minimum Gasteiger partial charge on any atom is -0.490 e. The van der Waals surface area contributed by atoms with E-state index in [0.717, 1.165) is 11.1 Å². The summed E-state index contributed by atoms with van der Waals surface area (Å²) in [5.41, 5.74) is 7.84. The Morgan fingerprint density at radius 3 is 2.73 bits per heavy atom. The number of aliphatic hydroxyl groups is 1. The predicted octanol–water partition coefficient (Wildman–Crippen LogP) is 2.63. The van der Waals surface area contributed by atoms with Crippen molar-refractivity contribution in [2.75, 3.05) is 13.7 Å². The average Bonchev–Trinajstić information content (AvgIpc) is 3.19. The van der Waals surface area contributed by atoms with Crippen LogP contribution in [0.5, 0.6) is 5.75 Å². The van der Waals surface area contributed by atoms with Crippen LogP contribution in [0.2, 0.25) is 0 Å². The first kappa shape index (κ1) is 25.2. The quantitative estimate of drug-likeness (QED) is 0.572. The zero-order chi connectivity index (χ0) is 26.5. The van der Waals surface area contributed by atoms with Crippen molar-refractivity contribution >= 4 is 17.8 Å². The topological polar surface area (TPSA) is 126 Å². The van der Waals surface area contributed by atoms with Gasteiger partial charge in [0.2, 0.25) is 5.91 Å². The van der Waals surface area contributed by atoms with Crippen molar-refractivity contribution < 1.29 is 24.2 Å². The summed E-state index contributed by atoms with van der Waals surface area (Å²) in [5.74, 6) is 0.185. The molecular weight excluding hydrogens is 472 g/mol. The Labute approximate surface area is 216 Å². The lowest BCUT2D eigenvalue weighted by molar-refractivity contribution is -0.142. The van der Waals surface area contributed by atoms with E-state index < -0.39 is 29.3 Å². The number of ether oxygens (including phenoxy) is 2. The van der Waals surface area contributed by atoms with E-state index in [1.165, 1.54) is 4.90 Å². The molecule has 0 radical (unpaired) electrons. The lowest BCUT2D eigenvalue weighted by atomic mass is 9.84. The van der Waals surface area contributed by atoms with Crippen LogP contribution in [-0.4, -0.2) is 58.7 Å². The van der Waals surface area contributed by atoms with Crippen LogP contribution in [0.15, 0.2) is 47.5 Å². The van der Waals surface area contributed by atoms with Crippen molar-refractivity contribution in [1.29, 1.82) is 0 Å². The highest BCUT2D eigenvalue weighted by Gasteiger charge is 2.50. The summed E-state index contributed by atoms with van der Waals surface area (Å²) in [7, 11) is 1.56. The van der Waals surface area contributed by atoms with Crippen LogP contribution in [-0.2, 0) is 16.0 Å². The third kappa shape index (κ3) is 4.26. The second kappa shape index (κ2) is 9.15. The molecule has 0 aromatic heterocycles. The first-order chi connectivity index (χ1) is 17.6. The molecule has 0 bridgehead atoms. The molecule has 0 saturated carbocycles. The van der Waals surface area contributed by atoms with E-state index in [1.807, 2.05) is 45.0 Å². The van der Waals surface area contributed by atoms with Gasteiger partial charge in [-0.15, -0.1) is 0 Å². The molecule has 2 heterocycles. The van der Waals surface area contributed by atoms with Crippen molar-refractivity contribution in [2.45, 2.75) is 69.4 Å². The van der Waals surface area contributed by atoms with Crippen molar-refractivity contribution in [2.24, 2.45) is 10.7 Å². The molecule has 2 aromatic rings. The highest BCUT2D eigenvalue weighted by atomic mass is 16.5. The monoisotopic (exact) mass is 506 g/mol. The summed E-state index contributed by atoms with van der Waals surface area (Å²) >= 11 is 0. The standard InChI is InChI=1S/C28H34N4O5/c1-5-27(2)14-22(34)32(26(29)31-27)24-19-12-17(10-11-21(19)37-15-28(24,3)36-4)25(35)30-23-18-9-7-6-8-16(18)13-20(23)33/h6-12,20,23-24,33H,5,13-15H2,1-4H3,(H2,29,31)(H,30,35)/t20-,23-,24?,27-,28?/m1/s1. The Morgan fingerprint density at radius 1 is 1.27 bits per heavy atom. The minimum atomic E-state index is -0.932. The van der Waals surface area contributed by atoms with Crippen LogP contribution in [0.4, 0.5) is 0 Å². The van der Waals surface area contributed by atoms with Gasteiger partial charge < -0.3 is 25.6 Å². The third-order valence-electron chi connectivity index (χ3n) is 8.07. The van der Waals surface area contributed by atoms with Gasteiger partial charge in [-0.25, -0.2) is 4.99 Å². The SMILES string of the molecule is CC[C@]1(C)CC(=O)N(C2c3cc(C(=O)N[C@@H]4c5ccccc5C[C@H]4O)ccc3OCC2(C)OC)C(N)=N1. The summed E-state index contributed by atoms with van der Waals surface area (Å²) in [6.45, 7) is 5.95. The molecule has 0 saturated heterocycles. The fourth-order valence-electron chi connectivity index (χ4n) is 5.61. The van der Waals surface area contributed by atoms with Gasteiger partial charge in [-0.3, -0.25) is 14.5 Å². The fraction of sp³-hybridized carbons (Fsp3) is 0.464. The van der Waals surface area contributed by atoms with Gasteiger partial charge in [-0.1, -0.05) is 31.2 Å². The molecule has 5 atom stereocenters. The number of aliphatic hydroxyl groups excluding tert-OH is 1. The second-order valence-electron chi connectivity index (χ2n) is 10.6. The lowest BCUT2D eigenvalue weighted by Crippen LogP contribution is -2.59. The van der Waals surface area contributed by atoms with E-state index >= 15 is 0 Å². The van der Waals surface area contributed by atoms with Crippen molar-refractivity contribution in [3.8, 4) is 5.75 Å². The molecular formula is C28H34N4O5. The molecule has 3 aliphatic rings. The number of nitrogens with zero attached hydrogens (tertiary/aromatic N) is 2. The van der Waals surface area contributed by atoms with Gasteiger partial charge in [0.25, 0.3) is 5.91 Å². The van der Waals surface area contributed by atoms with Crippen LogP contribution >= 0.6 is 0 Å². The maximum Gasteiger partial charge on any atom is 0.251 e. The molecule has 2 unspecified atom stereocenters. The third-order valence-corrected chi connectivity index (χ3v) is 8.07. The zero-order valence-electron chi connectivity index (χ0n) is 21.7. The Hall–Kier alpha value is -3.43. The molecule has 2 amide bonds.